The number of alkyl halides is 1. The standard InChI is InChI=1S/C7H12ClNO2/c1-4-6(8)11-7(10)5(2)9-3/h4-6,9H,1H2,2-3H3. The Bertz CT molecular complexity index is 149. The van der Waals surface area contributed by atoms with Gasteiger partial charge in [-0.3, -0.25) is 4.79 Å². The van der Waals surface area contributed by atoms with Crippen molar-refractivity contribution in [1.29, 1.82) is 0 Å². The summed E-state index contributed by atoms with van der Waals surface area (Å²) in [5, 5.41) is 2.73. The highest BCUT2D eigenvalue weighted by Gasteiger charge is 2.13. The van der Waals surface area contributed by atoms with Gasteiger partial charge < -0.3 is 10.1 Å². The zero-order valence-electron chi connectivity index (χ0n) is 6.63. The van der Waals surface area contributed by atoms with Gasteiger partial charge in [0.15, 0.2) is 5.56 Å². The van der Waals surface area contributed by atoms with Crippen molar-refractivity contribution in [3.05, 3.63) is 12.7 Å². The zero-order valence-corrected chi connectivity index (χ0v) is 7.39. The molecule has 2 atom stereocenters. The molecule has 0 aromatic rings. The molecule has 0 saturated heterocycles. The van der Waals surface area contributed by atoms with E-state index in [9.17, 15) is 4.79 Å². The molecule has 0 aliphatic rings. The molecular formula is C7H12ClNO2. The summed E-state index contributed by atoms with van der Waals surface area (Å²) >= 11 is 5.47. The van der Waals surface area contributed by atoms with Gasteiger partial charge in [-0.05, 0) is 20.0 Å². The van der Waals surface area contributed by atoms with E-state index in [2.05, 4.69) is 11.9 Å². The molecule has 0 spiro atoms. The van der Waals surface area contributed by atoms with E-state index in [0.717, 1.165) is 0 Å². The summed E-state index contributed by atoms with van der Waals surface area (Å²) in [6, 6.07) is -0.337. The molecule has 0 aliphatic carbocycles. The van der Waals surface area contributed by atoms with Gasteiger partial charge in [0.05, 0.1) is 0 Å². The molecule has 0 aromatic heterocycles. The predicted molar refractivity (Wildman–Crippen MR) is 44.5 cm³/mol. The van der Waals surface area contributed by atoms with E-state index in [1.165, 1.54) is 6.08 Å². The average molecular weight is 178 g/mol. The van der Waals surface area contributed by atoms with Crippen molar-refractivity contribution in [2.75, 3.05) is 7.05 Å². The quantitative estimate of drug-likeness (QED) is 0.394. The topological polar surface area (TPSA) is 38.3 Å². The maximum absolute atomic E-state index is 10.9. The van der Waals surface area contributed by atoms with E-state index < -0.39 is 5.56 Å². The number of carbonyl (C=O) groups excluding carboxylic acids is 1. The lowest BCUT2D eigenvalue weighted by Crippen LogP contribution is -2.33. The van der Waals surface area contributed by atoms with Crippen LogP contribution < -0.4 is 5.32 Å². The smallest absolute Gasteiger partial charge is 0.324 e. The fourth-order valence-corrected chi connectivity index (χ4v) is 0.467. The molecule has 0 aromatic carbocycles. The molecular weight excluding hydrogens is 166 g/mol. The second-order valence-electron chi connectivity index (χ2n) is 2.03. The molecule has 0 aliphatic heterocycles. The van der Waals surface area contributed by atoms with Crippen molar-refractivity contribution < 1.29 is 9.53 Å². The van der Waals surface area contributed by atoms with Gasteiger partial charge in [0, 0.05) is 0 Å². The summed E-state index contributed by atoms with van der Waals surface area (Å²) in [6.45, 7) is 5.06. The molecule has 11 heavy (non-hydrogen) atoms. The summed E-state index contributed by atoms with van der Waals surface area (Å²) in [6.07, 6.45) is 1.35. The third-order valence-electron chi connectivity index (χ3n) is 1.20. The van der Waals surface area contributed by atoms with Crippen LogP contribution in [0.25, 0.3) is 0 Å². The highest BCUT2D eigenvalue weighted by atomic mass is 35.5. The van der Waals surface area contributed by atoms with Gasteiger partial charge in [-0.1, -0.05) is 18.2 Å². The number of hydrogen-bond acceptors (Lipinski definition) is 3. The van der Waals surface area contributed by atoms with Crippen molar-refractivity contribution in [2.24, 2.45) is 0 Å². The van der Waals surface area contributed by atoms with Crippen molar-refractivity contribution in [3.8, 4) is 0 Å². The summed E-state index contributed by atoms with van der Waals surface area (Å²) in [5.74, 6) is -0.382. The Morgan fingerprint density at radius 3 is 2.73 bits per heavy atom. The molecule has 0 radical (unpaired) electrons. The van der Waals surface area contributed by atoms with Crippen LogP contribution in [0.15, 0.2) is 12.7 Å². The van der Waals surface area contributed by atoms with Crippen LogP contribution in [0.2, 0.25) is 0 Å². The Morgan fingerprint density at radius 2 is 2.36 bits per heavy atom. The van der Waals surface area contributed by atoms with Gasteiger partial charge in [0.25, 0.3) is 0 Å². The van der Waals surface area contributed by atoms with Crippen LogP contribution in [0.5, 0.6) is 0 Å². The van der Waals surface area contributed by atoms with Gasteiger partial charge in [-0.25, -0.2) is 0 Å². The fraction of sp³-hybridized carbons (Fsp3) is 0.571. The summed E-state index contributed by atoms with van der Waals surface area (Å²) in [5.41, 5.74) is -0.738. The van der Waals surface area contributed by atoms with E-state index >= 15 is 0 Å². The Labute approximate surface area is 71.4 Å². The van der Waals surface area contributed by atoms with Crippen molar-refractivity contribution in [3.63, 3.8) is 0 Å². The first-order chi connectivity index (χ1) is 5.11. The van der Waals surface area contributed by atoms with Crippen LogP contribution in [0, 0.1) is 0 Å². The van der Waals surface area contributed by atoms with E-state index in [0.29, 0.717) is 0 Å². The first-order valence-corrected chi connectivity index (χ1v) is 3.69. The van der Waals surface area contributed by atoms with Gasteiger partial charge in [0.1, 0.15) is 6.04 Å². The molecule has 0 bridgehead atoms. The third-order valence-corrected chi connectivity index (χ3v) is 1.47. The summed E-state index contributed by atoms with van der Waals surface area (Å²) < 4.78 is 4.70. The minimum absolute atomic E-state index is 0.337. The highest BCUT2D eigenvalue weighted by molar-refractivity contribution is 6.21. The zero-order chi connectivity index (χ0) is 8.85. The second-order valence-corrected chi connectivity index (χ2v) is 2.46. The van der Waals surface area contributed by atoms with Crippen LogP contribution in [-0.2, 0) is 9.53 Å². The number of likely N-dealkylation sites (N-methyl/N-ethyl adjacent to an activating group) is 1. The van der Waals surface area contributed by atoms with Crippen LogP contribution >= 0.6 is 11.6 Å². The van der Waals surface area contributed by atoms with E-state index in [1.807, 2.05) is 0 Å². The van der Waals surface area contributed by atoms with Crippen molar-refractivity contribution in [2.45, 2.75) is 18.5 Å². The molecule has 2 unspecified atom stereocenters. The van der Waals surface area contributed by atoms with Crippen LogP contribution in [0.3, 0.4) is 0 Å². The first kappa shape index (κ1) is 10.5. The lowest BCUT2D eigenvalue weighted by atomic mass is 10.3. The molecule has 0 heterocycles. The Kier molecular flexibility index (Phi) is 4.90. The van der Waals surface area contributed by atoms with Gasteiger partial charge in [0.2, 0.25) is 0 Å². The summed E-state index contributed by atoms with van der Waals surface area (Å²) in [4.78, 5) is 10.9. The van der Waals surface area contributed by atoms with Crippen LogP contribution in [0.4, 0.5) is 0 Å². The molecule has 1 N–H and O–H groups in total. The largest absolute Gasteiger partial charge is 0.441 e. The number of halogens is 1. The Hall–Kier alpha value is -0.540. The molecule has 0 amide bonds. The number of ether oxygens (including phenoxy) is 1. The fourth-order valence-electron chi connectivity index (χ4n) is 0.379. The van der Waals surface area contributed by atoms with Gasteiger partial charge in [-0.2, -0.15) is 0 Å². The van der Waals surface area contributed by atoms with Crippen LogP contribution in [0.1, 0.15) is 6.92 Å². The van der Waals surface area contributed by atoms with Gasteiger partial charge in [-0.15, -0.1) is 0 Å². The molecule has 0 fully saturated rings. The minimum atomic E-state index is -0.738. The monoisotopic (exact) mass is 177 g/mol. The molecule has 0 saturated carbocycles. The Balaban J connectivity index is 3.76. The minimum Gasteiger partial charge on any atom is -0.441 e. The normalized spacial score (nSPS) is 15.2. The van der Waals surface area contributed by atoms with E-state index in [4.69, 9.17) is 16.3 Å². The molecule has 3 nitrogen and oxygen atoms in total. The van der Waals surface area contributed by atoms with Gasteiger partial charge >= 0.3 is 5.97 Å². The molecule has 4 heteroatoms. The van der Waals surface area contributed by atoms with E-state index in [1.54, 1.807) is 14.0 Å². The number of esters is 1. The SMILES string of the molecule is C=CC(Cl)OC(=O)C(C)NC. The predicted octanol–water partition coefficient (Wildman–Crippen LogP) is 0.888. The van der Waals surface area contributed by atoms with Crippen LogP contribution in [-0.4, -0.2) is 24.6 Å². The van der Waals surface area contributed by atoms with E-state index in [-0.39, 0.29) is 12.0 Å². The maximum atomic E-state index is 10.9. The molecule has 0 rings (SSSR count). The first-order valence-electron chi connectivity index (χ1n) is 3.26. The highest BCUT2D eigenvalue weighted by Crippen LogP contribution is 2.00. The summed E-state index contributed by atoms with van der Waals surface area (Å²) in [7, 11) is 1.67. The number of nitrogens with one attached hydrogen (secondary N) is 1. The van der Waals surface area contributed by atoms with Crippen molar-refractivity contribution >= 4 is 17.6 Å². The lowest BCUT2D eigenvalue weighted by Gasteiger charge is -2.11. The average Bonchev–Trinajstić information content (AvgIpc) is 2.02. The Morgan fingerprint density at radius 1 is 1.82 bits per heavy atom. The number of hydrogen-bond donors (Lipinski definition) is 1. The third kappa shape index (κ3) is 4.01. The second kappa shape index (κ2) is 5.16. The van der Waals surface area contributed by atoms with Crippen molar-refractivity contribution in [1.82, 2.24) is 5.32 Å². The molecule has 64 valence electrons. The number of rotatable bonds is 4. The lowest BCUT2D eigenvalue weighted by molar-refractivity contribution is -0.145. The number of carbonyl (C=O) groups is 1. The maximum Gasteiger partial charge on any atom is 0.324 e.